The zero-order valence-corrected chi connectivity index (χ0v) is 6.16. The van der Waals surface area contributed by atoms with Crippen LogP contribution in [0.3, 0.4) is 0 Å². The van der Waals surface area contributed by atoms with Crippen molar-refractivity contribution in [2.24, 2.45) is 0 Å². The summed E-state index contributed by atoms with van der Waals surface area (Å²) in [6.07, 6.45) is 0.583. The first-order valence-corrected chi connectivity index (χ1v) is 3.52. The first-order chi connectivity index (χ1) is 4.70. The molecule has 0 amide bonds. The number of carbonyl (C=O) groups excluding carboxylic acids is 1. The van der Waals surface area contributed by atoms with Crippen molar-refractivity contribution < 1.29 is 15.0 Å². The Morgan fingerprint density at radius 1 is 1.50 bits per heavy atom. The molecule has 3 heteroatoms. The molecule has 0 aromatic carbocycles. The summed E-state index contributed by atoms with van der Waals surface area (Å²) in [5, 5.41) is 17.8. The van der Waals surface area contributed by atoms with E-state index >= 15 is 0 Å². The number of aliphatic hydroxyl groups is 2. The van der Waals surface area contributed by atoms with Gasteiger partial charge in [0.1, 0.15) is 12.4 Å². The molecule has 0 saturated carbocycles. The van der Waals surface area contributed by atoms with E-state index in [4.69, 9.17) is 10.2 Å². The molecule has 0 radical (unpaired) electrons. The number of carbonyl (C=O) groups is 1. The second-order valence-electron chi connectivity index (χ2n) is 2.38. The molecular formula is C7H14O3. The SMILES string of the molecule is CCCC(O)CC(O)C=O. The molecule has 0 aliphatic rings. The fourth-order valence-electron chi connectivity index (χ4n) is 0.785. The van der Waals surface area contributed by atoms with Crippen molar-refractivity contribution in [1.82, 2.24) is 0 Å². The average molecular weight is 146 g/mol. The van der Waals surface area contributed by atoms with E-state index in [-0.39, 0.29) is 6.42 Å². The Morgan fingerprint density at radius 3 is 2.50 bits per heavy atom. The summed E-state index contributed by atoms with van der Waals surface area (Å²) in [5.41, 5.74) is 0. The molecule has 0 aliphatic heterocycles. The predicted octanol–water partition coefficient (Wildman–Crippen LogP) is 0.0973. The molecule has 0 heterocycles. The zero-order valence-electron chi connectivity index (χ0n) is 6.16. The maximum Gasteiger partial charge on any atom is 0.148 e. The summed E-state index contributed by atoms with van der Waals surface area (Å²) < 4.78 is 0. The predicted molar refractivity (Wildman–Crippen MR) is 37.6 cm³/mol. The van der Waals surface area contributed by atoms with Gasteiger partial charge in [0.25, 0.3) is 0 Å². The maximum absolute atomic E-state index is 9.88. The third kappa shape index (κ3) is 4.47. The minimum Gasteiger partial charge on any atom is -0.393 e. The minimum atomic E-state index is -0.999. The number of hydrogen-bond donors (Lipinski definition) is 2. The van der Waals surface area contributed by atoms with Crippen LogP contribution in [0.2, 0.25) is 0 Å². The third-order valence-electron chi connectivity index (χ3n) is 1.29. The lowest BCUT2D eigenvalue weighted by atomic mass is 10.1. The highest BCUT2D eigenvalue weighted by Crippen LogP contribution is 2.02. The van der Waals surface area contributed by atoms with E-state index in [1.54, 1.807) is 0 Å². The molecule has 2 unspecified atom stereocenters. The Morgan fingerprint density at radius 2 is 2.10 bits per heavy atom. The van der Waals surface area contributed by atoms with Crippen molar-refractivity contribution in [3.63, 3.8) is 0 Å². The summed E-state index contributed by atoms with van der Waals surface area (Å²) in [5.74, 6) is 0. The molecule has 0 saturated heterocycles. The summed E-state index contributed by atoms with van der Waals surface area (Å²) >= 11 is 0. The van der Waals surface area contributed by atoms with Crippen LogP contribution in [0.5, 0.6) is 0 Å². The summed E-state index contributed by atoms with van der Waals surface area (Å²) in [6, 6.07) is 0. The molecule has 0 bridgehead atoms. The van der Waals surface area contributed by atoms with Crippen LogP contribution in [-0.4, -0.2) is 28.7 Å². The molecule has 0 spiro atoms. The topological polar surface area (TPSA) is 57.5 Å². The van der Waals surface area contributed by atoms with Crippen LogP contribution in [0.4, 0.5) is 0 Å². The zero-order chi connectivity index (χ0) is 7.98. The van der Waals surface area contributed by atoms with Crippen molar-refractivity contribution in [3.05, 3.63) is 0 Å². The third-order valence-corrected chi connectivity index (χ3v) is 1.29. The van der Waals surface area contributed by atoms with Gasteiger partial charge in [-0.25, -0.2) is 0 Å². The van der Waals surface area contributed by atoms with E-state index in [1.165, 1.54) is 0 Å². The van der Waals surface area contributed by atoms with Crippen LogP contribution in [-0.2, 0) is 4.79 Å². The van der Waals surface area contributed by atoms with Crippen LogP contribution in [0.15, 0.2) is 0 Å². The standard InChI is InChI=1S/C7H14O3/c1-2-3-6(9)4-7(10)5-8/h5-7,9-10H,2-4H2,1H3. The van der Waals surface area contributed by atoms with E-state index in [9.17, 15) is 4.79 Å². The monoisotopic (exact) mass is 146 g/mol. The quantitative estimate of drug-likeness (QED) is 0.541. The molecule has 10 heavy (non-hydrogen) atoms. The van der Waals surface area contributed by atoms with Crippen molar-refractivity contribution in [1.29, 1.82) is 0 Å². The summed E-state index contributed by atoms with van der Waals surface area (Å²) in [6.45, 7) is 1.94. The van der Waals surface area contributed by atoms with E-state index in [1.807, 2.05) is 6.92 Å². The van der Waals surface area contributed by atoms with Crippen LogP contribution < -0.4 is 0 Å². The number of aldehydes is 1. The lowest BCUT2D eigenvalue weighted by Gasteiger charge is -2.09. The Kier molecular flexibility index (Phi) is 5.16. The van der Waals surface area contributed by atoms with E-state index in [0.717, 1.165) is 6.42 Å². The fourth-order valence-corrected chi connectivity index (χ4v) is 0.785. The minimum absolute atomic E-state index is 0.164. The smallest absolute Gasteiger partial charge is 0.148 e. The molecule has 2 atom stereocenters. The second-order valence-corrected chi connectivity index (χ2v) is 2.38. The number of aliphatic hydroxyl groups excluding tert-OH is 2. The lowest BCUT2D eigenvalue weighted by molar-refractivity contribution is -0.116. The molecule has 0 aliphatic carbocycles. The Hall–Kier alpha value is -0.410. The van der Waals surface area contributed by atoms with Gasteiger partial charge in [-0.2, -0.15) is 0 Å². The van der Waals surface area contributed by atoms with Gasteiger partial charge in [0.15, 0.2) is 0 Å². The van der Waals surface area contributed by atoms with Gasteiger partial charge in [0.05, 0.1) is 6.10 Å². The van der Waals surface area contributed by atoms with Gasteiger partial charge in [-0.05, 0) is 6.42 Å². The van der Waals surface area contributed by atoms with Crippen LogP contribution >= 0.6 is 0 Å². The molecule has 0 aromatic heterocycles. The second kappa shape index (κ2) is 5.38. The summed E-state index contributed by atoms with van der Waals surface area (Å²) in [4.78, 5) is 9.88. The molecule has 2 N–H and O–H groups in total. The first kappa shape index (κ1) is 9.59. The van der Waals surface area contributed by atoms with Crippen molar-refractivity contribution in [2.45, 2.75) is 38.4 Å². The highest BCUT2D eigenvalue weighted by Gasteiger charge is 2.08. The fraction of sp³-hybridized carbons (Fsp3) is 0.857. The number of rotatable bonds is 5. The van der Waals surface area contributed by atoms with Crippen LogP contribution in [0.1, 0.15) is 26.2 Å². The average Bonchev–Trinajstić information content (AvgIpc) is 1.88. The Balaban J connectivity index is 3.36. The van der Waals surface area contributed by atoms with Gasteiger partial charge in [-0.3, -0.25) is 0 Å². The van der Waals surface area contributed by atoms with E-state index in [0.29, 0.717) is 12.7 Å². The van der Waals surface area contributed by atoms with E-state index < -0.39 is 12.2 Å². The molecule has 3 nitrogen and oxygen atoms in total. The van der Waals surface area contributed by atoms with Gasteiger partial charge >= 0.3 is 0 Å². The Labute approximate surface area is 60.7 Å². The van der Waals surface area contributed by atoms with Crippen molar-refractivity contribution >= 4 is 6.29 Å². The highest BCUT2D eigenvalue weighted by molar-refractivity contribution is 5.55. The van der Waals surface area contributed by atoms with Crippen LogP contribution in [0, 0.1) is 0 Å². The first-order valence-electron chi connectivity index (χ1n) is 3.52. The van der Waals surface area contributed by atoms with Crippen molar-refractivity contribution in [3.8, 4) is 0 Å². The maximum atomic E-state index is 9.88. The Bertz CT molecular complexity index is 92.9. The highest BCUT2D eigenvalue weighted by atomic mass is 16.3. The summed E-state index contributed by atoms with van der Waals surface area (Å²) in [7, 11) is 0. The van der Waals surface area contributed by atoms with Gasteiger partial charge in [0, 0.05) is 6.42 Å². The van der Waals surface area contributed by atoms with Crippen molar-refractivity contribution in [2.75, 3.05) is 0 Å². The largest absolute Gasteiger partial charge is 0.393 e. The lowest BCUT2D eigenvalue weighted by Crippen LogP contribution is -2.18. The van der Waals surface area contributed by atoms with E-state index in [2.05, 4.69) is 0 Å². The number of hydrogen-bond acceptors (Lipinski definition) is 3. The van der Waals surface area contributed by atoms with Gasteiger partial charge < -0.3 is 15.0 Å². The molecule has 0 fully saturated rings. The normalized spacial score (nSPS) is 16.3. The van der Waals surface area contributed by atoms with Crippen LogP contribution in [0.25, 0.3) is 0 Å². The molecular weight excluding hydrogens is 132 g/mol. The van der Waals surface area contributed by atoms with Gasteiger partial charge in [-0.15, -0.1) is 0 Å². The van der Waals surface area contributed by atoms with Gasteiger partial charge in [-0.1, -0.05) is 13.3 Å². The molecule has 0 aromatic rings. The molecule has 60 valence electrons. The van der Waals surface area contributed by atoms with Gasteiger partial charge in [0.2, 0.25) is 0 Å². The molecule has 0 rings (SSSR count).